The van der Waals surface area contributed by atoms with Crippen molar-refractivity contribution >= 4 is 28.9 Å². The van der Waals surface area contributed by atoms with E-state index in [2.05, 4.69) is 10.3 Å². The molecule has 1 saturated heterocycles. The first-order valence-electron chi connectivity index (χ1n) is 15.6. The van der Waals surface area contributed by atoms with Gasteiger partial charge in [-0.15, -0.1) is 0 Å². The van der Waals surface area contributed by atoms with Crippen LogP contribution in [0.5, 0.6) is 5.75 Å². The first kappa shape index (κ1) is 28.7. The van der Waals surface area contributed by atoms with E-state index >= 15 is 0 Å². The maximum atomic E-state index is 14.4. The van der Waals surface area contributed by atoms with E-state index in [1.54, 1.807) is 6.92 Å². The average molecular weight is 604 g/mol. The summed E-state index contributed by atoms with van der Waals surface area (Å²) in [7, 11) is 0. The Labute approximate surface area is 255 Å². The Morgan fingerprint density at radius 3 is 2.36 bits per heavy atom. The van der Waals surface area contributed by atoms with E-state index in [0.717, 1.165) is 54.0 Å². The van der Waals surface area contributed by atoms with Crippen molar-refractivity contribution in [1.29, 1.82) is 0 Å². The number of nitrogens with one attached hydrogen (secondary N) is 2. The number of aromatic nitrogens is 1. The fraction of sp³-hybridized carbons (Fsp3) is 0.500. The van der Waals surface area contributed by atoms with E-state index in [9.17, 15) is 23.9 Å². The number of rotatable bonds is 8. The second-order valence-electron chi connectivity index (χ2n) is 13.5. The quantitative estimate of drug-likeness (QED) is 0.322. The summed E-state index contributed by atoms with van der Waals surface area (Å²) >= 11 is 0. The fourth-order valence-electron chi connectivity index (χ4n) is 8.64. The minimum Gasteiger partial charge on any atom is -0.488 e. The molecule has 1 aliphatic heterocycles. The van der Waals surface area contributed by atoms with Crippen molar-refractivity contribution in [1.82, 2.24) is 15.2 Å². The number of amides is 2. The van der Waals surface area contributed by atoms with E-state index < -0.39 is 41.5 Å². The third-order valence-electron chi connectivity index (χ3n) is 10.4. The van der Waals surface area contributed by atoms with Crippen molar-refractivity contribution in [3.8, 4) is 5.75 Å². The summed E-state index contributed by atoms with van der Waals surface area (Å²) in [5.74, 6) is 0.442. The molecule has 44 heavy (non-hydrogen) atoms. The Hall–Kier alpha value is -4.08. The molecule has 3 atom stereocenters. The number of aliphatic carboxylic acids is 1. The lowest BCUT2D eigenvalue weighted by molar-refractivity contribution is -0.151. The van der Waals surface area contributed by atoms with Crippen LogP contribution >= 0.6 is 0 Å². The minimum absolute atomic E-state index is 0.00291. The highest BCUT2D eigenvalue weighted by atomic mass is 19.1. The number of carboxylic acid groups (broad SMARTS) is 1. The van der Waals surface area contributed by atoms with E-state index in [1.165, 1.54) is 35.6 Å². The molecular weight excluding hydrogens is 565 g/mol. The van der Waals surface area contributed by atoms with Gasteiger partial charge in [-0.2, -0.15) is 0 Å². The zero-order valence-corrected chi connectivity index (χ0v) is 24.7. The lowest BCUT2D eigenvalue weighted by Gasteiger charge is -2.53. The van der Waals surface area contributed by atoms with Crippen molar-refractivity contribution in [3.05, 3.63) is 66.1 Å². The van der Waals surface area contributed by atoms with Crippen LogP contribution in [0.25, 0.3) is 10.9 Å². The van der Waals surface area contributed by atoms with Gasteiger partial charge in [-0.3, -0.25) is 4.79 Å². The lowest BCUT2D eigenvalue weighted by atomic mass is 9.55. The lowest BCUT2D eigenvalue weighted by Crippen LogP contribution is -2.61. The summed E-state index contributed by atoms with van der Waals surface area (Å²) < 4.78 is 25.5. The number of carbonyl (C=O) groups excluding carboxylic acids is 2. The summed E-state index contributed by atoms with van der Waals surface area (Å²) in [6, 6.07) is 12.0. The van der Waals surface area contributed by atoms with E-state index in [1.807, 2.05) is 30.5 Å². The second kappa shape index (κ2) is 11.1. The number of carbonyl (C=O) groups is 3. The Bertz CT molecular complexity index is 1540. The zero-order chi connectivity index (χ0) is 30.6. The Balaban J connectivity index is 1.14. The number of hydrogen-bond acceptors (Lipinski definition) is 5. The van der Waals surface area contributed by atoms with Gasteiger partial charge in [-0.05, 0) is 98.6 Å². The number of H-pyrrole nitrogens is 1. The summed E-state index contributed by atoms with van der Waals surface area (Å²) in [6.07, 6.45) is 6.18. The van der Waals surface area contributed by atoms with Gasteiger partial charge in [0.05, 0.1) is 6.54 Å². The van der Waals surface area contributed by atoms with Crippen LogP contribution in [0.1, 0.15) is 51.0 Å². The molecule has 0 radical (unpaired) electrons. The van der Waals surface area contributed by atoms with Crippen LogP contribution in [0.15, 0.2) is 54.7 Å². The minimum atomic E-state index is -1.51. The van der Waals surface area contributed by atoms with Crippen molar-refractivity contribution in [2.24, 2.45) is 23.7 Å². The smallest absolute Gasteiger partial charge is 0.408 e. The third-order valence-corrected chi connectivity index (χ3v) is 10.4. The summed E-state index contributed by atoms with van der Waals surface area (Å²) in [6.45, 7) is 1.64. The molecule has 232 valence electrons. The largest absolute Gasteiger partial charge is 0.488 e. The molecule has 3 N–H and O–H groups in total. The molecule has 4 saturated carbocycles. The predicted octanol–water partition coefficient (Wildman–Crippen LogP) is 5.29. The molecule has 5 aliphatic rings. The SMILES string of the molecule is C[C@](Cc1c[nH]c2ccccc12)(NC(=O)OC1C2CC3CC(C2)CC1C3)C(=O)N1C[C@H](Oc2ccc(F)cc2)C[C@@H]1C(=O)O. The van der Waals surface area contributed by atoms with Gasteiger partial charge in [0.15, 0.2) is 0 Å². The van der Waals surface area contributed by atoms with Crippen LogP contribution in [-0.4, -0.2) is 63.3 Å². The van der Waals surface area contributed by atoms with Gasteiger partial charge >= 0.3 is 12.1 Å². The number of alkyl carbamates (subject to hydrolysis) is 1. The first-order valence-corrected chi connectivity index (χ1v) is 15.6. The number of ether oxygens (including phenoxy) is 2. The normalized spacial score (nSPS) is 30.2. The van der Waals surface area contributed by atoms with Gasteiger partial charge in [0.25, 0.3) is 0 Å². The molecule has 4 bridgehead atoms. The molecule has 5 fully saturated rings. The molecule has 2 heterocycles. The van der Waals surface area contributed by atoms with Gasteiger partial charge < -0.3 is 29.8 Å². The summed E-state index contributed by atoms with van der Waals surface area (Å²) in [5, 5.41) is 13.9. The number of carboxylic acids is 1. The molecule has 3 aromatic rings. The monoisotopic (exact) mass is 603 g/mol. The van der Waals surface area contributed by atoms with Gasteiger partial charge in [0.1, 0.15) is 35.4 Å². The zero-order valence-electron chi connectivity index (χ0n) is 24.7. The third kappa shape index (κ3) is 5.39. The highest BCUT2D eigenvalue weighted by Crippen LogP contribution is 2.54. The Kier molecular flexibility index (Phi) is 7.25. The average Bonchev–Trinajstić information content (AvgIpc) is 3.60. The van der Waals surface area contributed by atoms with E-state index in [0.29, 0.717) is 17.6 Å². The van der Waals surface area contributed by atoms with Gasteiger partial charge in [-0.1, -0.05) is 18.2 Å². The number of hydrogen-bond donors (Lipinski definition) is 3. The molecule has 0 unspecified atom stereocenters. The van der Waals surface area contributed by atoms with E-state index in [4.69, 9.17) is 9.47 Å². The van der Waals surface area contributed by atoms with E-state index in [-0.39, 0.29) is 25.5 Å². The molecule has 10 heteroatoms. The van der Waals surface area contributed by atoms with Crippen LogP contribution < -0.4 is 10.1 Å². The summed E-state index contributed by atoms with van der Waals surface area (Å²) in [4.78, 5) is 45.0. The molecule has 2 amide bonds. The van der Waals surface area contributed by atoms with Crippen LogP contribution in [-0.2, 0) is 20.7 Å². The fourth-order valence-corrected chi connectivity index (χ4v) is 8.64. The highest BCUT2D eigenvalue weighted by molar-refractivity contribution is 5.94. The molecule has 2 aromatic carbocycles. The number of benzene rings is 2. The topological polar surface area (TPSA) is 121 Å². The maximum Gasteiger partial charge on any atom is 0.408 e. The molecule has 9 nitrogen and oxygen atoms in total. The van der Waals surface area contributed by atoms with Crippen LogP contribution in [0.2, 0.25) is 0 Å². The van der Waals surface area contributed by atoms with Crippen LogP contribution in [0.4, 0.5) is 9.18 Å². The van der Waals surface area contributed by atoms with Gasteiger partial charge in [0, 0.05) is 29.9 Å². The van der Waals surface area contributed by atoms with Crippen molar-refractivity contribution in [3.63, 3.8) is 0 Å². The number of aromatic amines is 1. The second-order valence-corrected chi connectivity index (χ2v) is 13.5. The molecular formula is C34H38FN3O6. The van der Waals surface area contributed by atoms with Crippen LogP contribution in [0.3, 0.4) is 0 Å². The van der Waals surface area contributed by atoms with Gasteiger partial charge in [-0.25, -0.2) is 14.0 Å². The van der Waals surface area contributed by atoms with Crippen molar-refractivity contribution < 1.29 is 33.4 Å². The maximum absolute atomic E-state index is 14.4. The standard InChI is InChI=1S/C34H38FN3O6/c1-34(16-23-17-36-28-5-3-2-4-27(23)28,37-33(42)44-30-21-11-19-10-20(13-21)14-22(30)12-19)32(41)38-18-26(15-29(38)31(39)40)43-25-8-6-24(35)7-9-25/h2-9,17,19-22,26,29-30,36H,10-16,18H2,1H3,(H,37,42)(H,39,40)/t19?,20?,21?,22?,26-,29-,30?,34-/m1/s1. The molecule has 4 aliphatic carbocycles. The van der Waals surface area contributed by atoms with Crippen LogP contribution in [0, 0.1) is 29.5 Å². The number of halogens is 1. The Morgan fingerprint density at radius 2 is 1.68 bits per heavy atom. The summed E-state index contributed by atoms with van der Waals surface area (Å²) in [5.41, 5.74) is 0.203. The predicted molar refractivity (Wildman–Crippen MR) is 159 cm³/mol. The van der Waals surface area contributed by atoms with Crippen molar-refractivity contribution in [2.45, 2.75) is 75.7 Å². The molecule has 1 aromatic heterocycles. The van der Waals surface area contributed by atoms with Gasteiger partial charge in [0.2, 0.25) is 5.91 Å². The number of para-hydroxylation sites is 1. The first-order chi connectivity index (χ1) is 21.1. The number of nitrogens with zero attached hydrogens (tertiary/aromatic N) is 1. The number of likely N-dealkylation sites (tertiary alicyclic amines) is 1. The highest BCUT2D eigenvalue weighted by Gasteiger charge is 2.51. The molecule has 0 spiro atoms. The van der Waals surface area contributed by atoms with Crippen molar-refractivity contribution in [2.75, 3.05) is 6.54 Å². The molecule has 8 rings (SSSR count). The Morgan fingerprint density at radius 1 is 1.00 bits per heavy atom. The number of fused-ring (bicyclic) bond motifs is 1.